The number of hydrogen-bond acceptors (Lipinski definition) is 8. The number of carbonyl (C=O) groups is 3. The topological polar surface area (TPSA) is 134 Å². The Morgan fingerprint density at radius 3 is 2.84 bits per heavy atom. The van der Waals surface area contributed by atoms with Gasteiger partial charge in [0.25, 0.3) is 5.91 Å². The summed E-state index contributed by atoms with van der Waals surface area (Å²) in [7, 11) is 1.50. The van der Waals surface area contributed by atoms with E-state index in [-0.39, 0.29) is 37.8 Å². The Balaban J connectivity index is 1.48. The molecule has 2 aliphatic rings. The molecule has 1 aromatic carbocycles. The van der Waals surface area contributed by atoms with Crippen LogP contribution in [0.2, 0.25) is 5.02 Å². The molecule has 2 aliphatic heterocycles. The van der Waals surface area contributed by atoms with Crippen molar-refractivity contribution < 1.29 is 33.4 Å². The molecule has 2 N–H and O–H groups in total. The Bertz CT molecular complexity index is 1390. The number of halogens is 1. The number of nitrogens with one attached hydrogen (secondary N) is 1. The van der Waals surface area contributed by atoms with E-state index in [1.807, 2.05) is 0 Å². The molecule has 0 aliphatic carbocycles. The lowest BCUT2D eigenvalue weighted by atomic mass is 9.98. The van der Waals surface area contributed by atoms with Gasteiger partial charge in [-0.2, -0.15) is 0 Å². The van der Waals surface area contributed by atoms with Crippen LogP contribution in [0.1, 0.15) is 23.2 Å². The second-order valence-electron chi connectivity index (χ2n) is 9.14. The predicted molar refractivity (Wildman–Crippen MR) is 131 cm³/mol. The van der Waals surface area contributed by atoms with Crippen molar-refractivity contribution in [3.63, 3.8) is 0 Å². The number of β-amino-alcohol motifs (C(OH)–C–C–N with tert-alkyl or cyclic N) is 1. The van der Waals surface area contributed by atoms with Crippen LogP contribution < -0.4 is 14.8 Å². The van der Waals surface area contributed by atoms with Crippen LogP contribution >= 0.6 is 11.6 Å². The Morgan fingerprint density at radius 1 is 1.32 bits per heavy atom. The third-order valence-electron chi connectivity index (χ3n) is 6.62. The lowest BCUT2D eigenvalue weighted by Crippen LogP contribution is -2.64. The third-order valence-corrected chi connectivity index (χ3v) is 6.85. The van der Waals surface area contributed by atoms with Crippen molar-refractivity contribution in [2.24, 2.45) is 0 Å². The maximum Gasteiger partial charge on any atom is 0.295 e. The van der Waals surface area contributed by atoms with Crippen LogP contribution in [0, 0.1) is 0 Å². The molecule has 0 saturated carbocycles. The van der Waals surface area contributed by atoms with E-state index in [1.54, 1.807) is 36.5 Å². The molecule has 1 fully saturated rings. The number of fused-ring (bicyclic) bond motifs is 3. The van der Waals surface area contributed by atoms with E-state index in [0.29, 0.717) is 27.4 Å². The van der Waals surface area contributed by atoms with Crippen LogP contribution in [-0.4, -0.2) is 82.6 Å². The smallest absolute Gasteiger partial charge is 0.295 e. The molecule has 4 heterocycles. The SMILES string of the molecule is COc1cccnc1CNC(=O)[C@@]1(C)COc2c(oc3ccc(Cl)cc23)C(=O)N1CC(=O)N1CC(O)C1. The number of benzene rings is 1. The normalized spacial score (nSPS) is 19.6. The molecular formula is C25H25ClN4O7. The first kappa shape index (κ1) is 24.8. The van der Waals surface area contributed by atoms with Gasteiger partial charge in [-0.05, 0) is 37.3 Å². The van der Waals surface area contributed by atoms with Gasteiger partial charge in [0.15, 0.2) is 11.3 Å². The zero-order valence-electron chi connectivity index (χ0n) is 20.2. The molecule has 2 aromatic heterocycles. The Hall–Kier alpha value is -3.83. The lowest BCUT2D eigenvalue weighted by molar-refractivity contribution is -0.145. The number of aromatic nitrogens is 1. The van der Waals surface area contributed by atoms with Crippen LogP contribution in [0.3, 0.4) is 0 Å². The summed E-state index contributed by atoms with van der Waals surface area (Å²) in [5, 5.41) is 13.3. The average molecular weight is 529 g/mol. The highest BCUT2D eigenvalue weighted by atomic mass is 35.5. The summed E-state index contributed by atoms with van der Waals surface area (Å²) >= 11 is 6.15. The zero-order chi connectivity index (χ0) is 26.3. The highest BCUT2D eigenvalue weighted by Gasteiger charge is 2.49. The van der Waals surface area contributed by atoms with E-state index in [1.165, 1.54) is 18.9 Å². The van der Waals surface area contributed by atoms with E-state index in [0.717, 1.165) is 4.90 Å². The predicted octanol–water partition coefficient (Wildman–Crippen LogP) is 1.60. The van der Waals surface area contributed by atoms with E-state index in [9.17, 15) is 19.5 Å². The van der Waals surface area contributed by atoms with E-state index in [4.69, 9.17) is 25.5 Å². The van der Waals surface area contributed by atoms with E-state index < -0.39 is 35.9 Å². The van der Waals surface area contributed by atoms with Gasteiger partial charge in [-0.25, -0.2) is 0 Å². The van der Waals surface area contributed by atoms with Crippen LogP contribution in [0.4, 0.5) is 0 Å². The Kier molecular flexibility index (Phi) is 6.42. The minimum atomic E-state index is -1.59. The molecular weight excluding hydrogens is 504 g/mol. The summed E-state index contributed by atoms with van der Waals surface area (Å²) in [5.41, 5.74) is -0.715. The number of pyridine rings is 1. The molecule has 11 nitrogen and oxygen atoms in total. The second-order valence-corrected chi connectivity index (χ2v) is 9.58. The number of aliphatic hydroxyl groups excluding tert-OH is 1. The number of ether oxygens (including phenoxy) is 2. The minimum absolute atomic E-state index is 0.0226. The number of likely N-dealkylation sites (tertiary alicyclic amines) is 1. The van der Waals surface area contributed by atoms with Crippen molar-refractivity contribution in [3.05, 3.63) is 53.0 Å². The molecule has 3 aromatic rings. The summed E-state index contributed by atoms with van der Waals surface area (Å²) in [4.78, 5) is 47.2. The van der Waals surface area contributed by atoms with Gasteiger partial charge >= 0.3 is 0 Å². The van der Waals surface area contributed by atoms with Gasteiger partial charge in [0, 0.05) is 24.3 Å². The number of nitrogens with zero attached hydrogens (tertiary/aromatic N) is 3. The van der Waals surface area contributed by atoms with Crippen molar-refractivity contribution in [2.45, 2.75) is 25.1 Å². The quantitative estimate of drug-likeness (QED) is 0.493. The summed E-state index contributed by atoms with van der Waals surface area (Å²) in [5.74, 6) is -1.13. The fraction of sp³-hybridized carbons (Fsp3) is 0.360. The molecule has 1 atom stereocenters. The Morgan fingerprint density at radius 2 is 2.11 bits per heavy atom. The number of hydrogen-bond donors (Lipinski definition) is 2. The fourth-order valence-corrected chi connectivity index (χ4v) is 4.57. The third kappa shape index (κ3) is 4.44. The molecule has 0 spiro atoms. The molecule has 3 amide bonds. The first-order chi connectivity index (χ1) is 17.7. The van der Waals surface area contributed by atoms with E-state index >= 15 is 0 Å². The maximum atomic E-state index is 13.8. The van der Waals surface area contributed by atoms with Gasteiger partial charge in [0.2, 0.25) is 17.6 Å². The van der Waals surface area contributed by atoms with Crippen molar-refractivity contribution in [1.82, 2.24) is 20.1 Å². The molecule has 0 unspecified atom stereocenters. The van der Waals surface area contributed by atoms with Crippen LogP contribution in [0.15, 0.2) is 40.9 Å². The maximum absolute atomic E-state index is 13.8. The summed E-state index contributed by atoms with van der Waals surface area (Å²) in [6, 6.07) is 8.28. The molecule has 5 rings (SSSR count). The summed E-state index contributed by atoms with van der Waals surface area (Å²) in [6.45, 7) is 1.20. The molecule has 0 bridgehead atoms. The molecule has 0 radical (unpaired) electrons. The highest BCUT2D eigenvalue weighted by molar-refractivity contribution is 6.31. The van der Waals surface area contributed by atoms with Gasteiger partial charge in [-0.3, -0.25) is 19.4 Å². The molecule has 1 saturated heterocycles. The number of amides is 3. The van der Waals surface area contributed by atoms with Crippen LogP contribution in [0.25, 0.3) is 11.0 Å². The first-order valence-corrected chi connectivity index (χ1v) is 12.0. The molecule has 194 valence electrons. The summed E-state index contributed by atoms with van der Waals surface area (Å²) < 4.78 is 17.1. The Labute approximate surface area is 216 Å². The van der Waals surface area contributed by atoms with Gasteiger partial charge < -0.3 is 34.1 Å². The number of methoxy groups -OCH3 is 1. The molecule has 37 heavy (non-hydrogen) atoms. The molecule has 12 heteroatoms. The number of furan rings is 1. The average Bonchev–Trinajstić information content (AvgIpc) is 3.19. The first-order valence-electron chi connectivity index (χ1n) is 11.6. The second kappa shape index (κ2) is 9.56. The fourth-order valence-electron chi connectivity index (χ4n) is 4.39. The van der Waals surface area contributed by atoms with Crippen molar-refractivity contribution >= 4 is 40.3 Å². The highest BCUT2D eigenvalue weighted by Crippen LogP contribution is 2.39. The standard InChI is InChI=1S/C25H25ClN4O7/c1-25(24(34)28-9-17-19(35-2)4-3-7-27-17)13-36-21-16-8-14(26)5-6-18(16)37-22(21)23(33)30(25)12-20(32)29-10-15(31)11-29/h3-8,15,31H,9-13H2,1-2H3,(H,28,34)/t25-/m1/s1. The largest absolute Gasteiger partial charge is 0.495 e. The van der Waals surface area contributed by atoms with Gasteiger partial charge in [0.1, 0.15) is 30.2 Å². The minimum Gasteiger partial charge on any atom is -0.495 e. The lowest BCUT2D eigenvalue weighted by Gasteiger charge is -2.41. The van der Waals surface area contributed by atoms with Gasteiger partial charge in [-0.15, -0.1) is 0 Å². The van der Waals surface area contributed by atoms with E-state index in [2.05, 4.69) is 10.3 Å². The zero-order valence-corrected chi connectivity index (χ0v) is 20.9. The monoisotopic (exact) mass is 528 g/mol. The van der Waals surface area contributed by atoms with Crippen molar-refractivity contribution in [3.8, 4) is 11.5 Å². The van der Waals surface area contributed by atoms with Crippen LogP contribution in [0.5, 0.6) is 11.5 Å². The number of aliphatic hydroxyl groups is 1. The summed E-state index contributed by atoms with van der Waals surface area (Å²) in [6.07, 6.45) is 0.965. The van der Waals surface area contributed by atoms with Crippen molar-refractivity contribution in [1.29, 1.82) is 0 Å². The van der Waals surface area contributed by atoms with Crippen LogP contribution in [-0.2, 0) is 16.1 Å². The van der Waals surface area contributed by atoms with Gasteiger partial charge in [0.05, 0.1) is 25.1 Å². The van der Waals surface area contributed by atoms with Gasteiger partial charge in [-0.1, -0.05) is 11.6 Å². The number of carbonyl (C=O) groups excluding carboxylic acids is 3. The number of rotatable bonds is 6. The van der Waals surface area contributed by atoms with Crippen molar-refractivity contribution in [2.75, 3.05) is 33.4 Å².